The van der Waals surface area contributed by atoms with E-state index in [1.54, 1.807) is 13.4 Å². The molecule has 2 N–H and O–H groups in total. The van der Waals surface area contributed by atoms with Crippen molar-refractivity contribution >= 4 is 27.8 Å². The highest BCUT2D eigenvalue weighted by molar-refractivity contribution is 6.11. The van der Waals surface area contributed by atoms with Gasteiger partial charge in [-0.25, -0.2) is 9.97 Å². The summed E-state index contributed by atoms with van der Waals surface area (Å²) < 4.78 is 0. The van der Waals surface area contributed by atoms with Crippen LogP contribution in [-0.2, 0) is 7.05 Å². The van der Waals surface area contributed by atoms with Gasteiger partial charge in [-0.15, -0.1) is 10.2 Å². The normalized spacial score (nSPS) is 15.3. The Bertz CT molecular complexity index is 1120. The minimum absolute atomic E-state index is 0.607. The van der Waals surface area contributed by atoms with Crippen LogP contribution in [0.4, 0.5) is 5.82 Å². The lowest BCUT2D eigenvalue weighted by Crippen LogP contribution is -2.31. The van der Waals surface area contributed by atoms with Crippen LogP contribution < -0.4 is 5.32 Å². The summed E-state index contributed by atoms with van der Waals surface area (Å²) in [6.07, 6.45) is 6.76. The Kier molecular flexibility index (Phi) is 4.81. The number of benzene rings is 1. The number of hydrogen-bond donors (Lipinski definition) is 2. The molecule has 0 bridgehead atoms. The van der Waals surface area contributed by atoms with Crippen LogP contribution in [0.25, 0.3) is 33.3 Å². The van der Waals surface area contributed by atoms with Crippen LogP contribution in [0.5, 0.6) is 0 Å². The van der Waals surface area contributed by atoms with Gasteiger partial charge in [0.25, 0.3) is 0 Å². The summed E-state index contributed by atoms with van der Waals surface area (Å²) >= 11 is 0. The number of nitrogens with one attached hydrogen (secondary N) is 2. The van der Waals surface area contributed by atoms with Crippen LogP contribution in [0, 0.1) is 0 Å². The Morgan fingerprint density at radius 3 is 2.86 bits per heavy atom. The van der Waals surface area contributed by atoms with E-state index in [4.69, 9.17) is 0 Å². The number of likely N-dealkylation sites (tertiary alicyclic amines) is 1. The summed E-state index contributed by atoms with van der Waals surface area (Å²) in [5.74, 6) is 1.49. The van der Waals surface area contributed by atoms with Crippen molar-refractivity contribution in [1.29, 1.82) is 0 Å². The average molecular weight is 391 g/mol. The molecule has 1 aromatic carbocycles. The number of piperidine rings is 1. The first kappa shape index (κ1) is 18.0. The fourth-order valence-corrected chi connectivity index (χ4v) is 4.09. The Hall–Kier alpha value is -3.07. The summed E-state index contributed by atoms with van der Waals surface area (Å²) in [5.41, 5.74) is 2.74. The minimum Gasteiger partial charge on any atom is -0.369 e. The van der Waals surface area contributed by atoms with E-state index < -0.39 is 0 Å². The van der Waals surface area contributed by atoms with E-state index >= 15 is 0 Å². The number of fused-ring (bicyclic) bond motifs is 3. The van der Waals surface area contributed by atoms with Crippen molar-refractivity contribution in [3.63, 3.8) is 0 Å². The van der Waals surface area contributed by atoms with Crippen molar-refractivity contribution < 1.29 is 0 Å². The first-order valence-corrected chi connectivity index (χ1v) is 10.2. The number of nitrogens with zero attached hydrogens (tertiary/aromatic N) is 7. The van der Waals surface area contributed by atoms with Crippen LogP contribution >= 0.6 is 0 Å². The van der Waals surface area contributed by atoms with Crippen molar-refractivity contribution in [2.24, 2.45) is 7.05 Å². The van der Waals surface area contributed by atoms with Crippen molar-refractivity contribution in [1.82, 2.24) is 40.1 Å². The number of H-pyrrole nitrogens is 1. The average Bonchev–Trinajstić information content (AvgIpc) is 3.35. The van der Waals surface area contributed by atoms with Crippen molar-refractivity contribution in [2.75, 3.05) is 31.5 Å². The Labute approximate surface area is 168 Å². The van der Waals surface area contributed by atoms with Crippen LogP contribution in [-0.4, -0.2) is 66.2 Å². The minimum atomic E-state index is 0.607. The van der Waals surface area contributed by atoms with E-state index in [0.29, 0.717) is 5.82 Å². The van der Waals surface area contributed by atoms with E-state index in [0.717, 1.165) is 52.8 Å². The van der Waals surface area contributed by atoms with Gasteiger partial charge < -0.3 is 15.2 Å². The number of aryl methyl sites for hydroxylation is 1. The zero-order chi connectivity index (χ0) is 19.6. The molecule has 0 saturated carbocycles. The van der Waals surface area contributed by atoms with Gasteiger partial charge in [0.15, 0.2) is 0 Å². The Morgan fingerprint density at radius 1 is 1.14 bits per heavy atom. The maximum atomic E-state index is 4.50. The molecular weight excluding hydrogens is 366 g/mol. The third-order valence-corrected chi connectivity index (χ3v) is 5.55. The van der Waals surface area contributed by atoms with Gasteiger partial charge in [0.2, 0.25) is 5.82 Å². The molecule has 0 radical (unpaired) electrons. The number of tetrazole rings is 1. The second kappa shape index (κ2) is 7.75. The maximum Gasteiger partial charge on any atom is 0.204 e. The van der Waals surface area contributed by atoms with E-state index in [9.17, 15) is 0 Å². The van der Waals surface area contributed by atoms with Crippen molar-refractivity contribution in [2.45, 2.75) is 25.7 Å². The molecule has 0 spiro atoms. The highest BCUT2D eigenvalue weighted by atomic mass is 15.6. The largest absolute Gasteiger partial charge is 0.369 e. The zero-order valence-corrected chi connectivity index (χ0v) is 16.6. The Balaban J connectivity index is 1.36. The van der Waals surface area contributed by atoms with E-state index in [1.807, 2.05) is 12.1 Å². The van der Waals surface area contributed by atoms with Crippen LogP contribution in [0.3, 0.4) is 0 Å². The number of aromatic amines is 1. The van der Waals surface area contributed by atoms with Crippen LogP contribution in [0.15, 0.2) is 24.5 Å². The van der Waals surface area contributed by atoms with Gasteiger partial charge in [-0.2, -0.15) is 4.80 Å². The quantitative estimate of drug-likeness (QED) is 0.487. The molecule has 150 valence electrons. The topological polar surface area (TPSA) is 100 Å². The van der Waals surface area contributed by atoms with E-state index in [1.165, 1.54) is 37.1 Å². The fraction of sp³-hybridized carbons (Fsp3) is 0.450. The van der Waals surface area contributed by atoms with Crippen LogP contribution in [0.1, 0.15) is 25.7 Å². The van der Waals surface area contributed by atoms with Crippen molar-refractivity contribution in [3.8, 4) is 11.4 Å². The molecule has 4 aromatic rings. The first-order valence-electron chi connectivity index (χ1n) is 10.2. The molecule has 9 heteroatoms. The van der Waals surface area contributed by atoms with E-state index in [-0.39, 0.29) is 0 Å². The number of anilines is 1. The molecule has 1 fully saturated rings. The van der Waals surface area contributed by atoms with Gasteiger partial charge in [0, 0.05) is 23.0 Å². The molecule has 0 unspecified atom stereocenters. The highest BCUT2D eigenvalue weighted by Gasteiger charge is 2.14. The van der Waals surface area contributed by atoms with Crippen molar-refractivity contribution in [3.05, 3.63) is 24.5 Å². The smallest absolute Gasteiger partial charge is 0.204 e. The lowest BCUT2D eigenvalue weighted by atomic mass is 10.1. The highest BCUT2D eigenvalue weighted by Crippen LogP contribution is 2.31. The standard InChI is InChI=1S/C20H25N9/c1-28-26-18(25-27-28)14-6-7-15-16(12-14)24-20-17(15)19(22-13-23-20)21-8-5-11-29-9-3-2-4-10-29/h6-7,12-13H,2-5,8-11H2,1H3,(H2,21,22,23,24). The summed E-state index contributed by atoms with van der Waals surface area (Å²) in [6.45, 7) is 4.52. The predicted molar refractivity (Wildman–Crippen MR) is 113 cm³/mol. The van der Waals surface area contributed by atoms with Gasteiger partial charge in [-0.1, -0.05) is 18.6 Å². The van der Waals surface area contributed by atoms with Gasteiger partial charge in [-0.05, 0) is 50.2 Å². The van der Waals surface area contributed by atoms with E-state index in [2.05, 4.69) is 46.6 Å². The number of aromatic nitrogens is 7. The summed E-state index contributed by atoms with van der Waals surface area (Å²) in [5, 5.41) is 17.9. The summed E-state index contributed by atoms with van der Waals surface area (Å²) in [6, 6.07) is 6.12. The molecule has 1 aliphatic rings. The molecule has 0 aliphatic carbocycles. The molecule has 3 aromatic heterocycles. The molecule has 29 heavy (non-hydrogen) atoms. The second-order valence-corrected chi connectivity index (χ2v) is 7.62. The lowest BCUT2D eigenvalue weighted by molar-refractivity contribution is 0.228. The fourth-order valence-electron chi connectivity index (χ4n) is 4.09. The SMILES string of the molecule is Cn1nnc(-c2ccc3c(c2)[nH]c2ncnc(NCCCN4CCCCC4)c23)n1. The summed E-state index contributed by atoms with van der Waals surface area (Å²) in [7, 11) is 1.76. The van der Waals surface area contributed by atoms with Gasteiger partial charge in [0.05, 0.1) is 12.4 Å². The summed E-state index contributed by atoms with van der Waals surface area (Å²) in [4.78, 5) is 16.3. The second-order valence-electron chi connectivity index (χ2n) is 7.62. The molecular formula is C20H25N9. The monoisotopic (exact) mass is 391 g/mol. The van der Waals surface area contributed by atoms with Gasteiger partial charge in [0.1, 0.15) is 17.8 Å². The molecule has 4 heterocycles. The molecule has 9 nitrogen and oxygen atoms in total. The molecule has 5 rings (SSSR count). The van der Waals surface area contributed by atoms with Crippen LogP contribution in [0.2, 0.25) is 0 Å². The number of rotatable bonds is 6. The molecule has 0 amide bonds. The lowest BCUT2D eigenvalue weighted by Gasteiger charge is -2.26. The zero-order valence-electron chi connectivity index (χ0n) is 16.6. The van der Waals surface area contributed by atoms with Gasteiger partial charge in [-0.3, -0.25) is 0 Å². The first-order chi connectivity index (χ1) is 14.3. The Morgan fingerprint density at radius 2 is 2.03 bits per heavy atom. The third-order valence-electron chi connectivity index (χ3n) is 5.55. The molecule has 0 atom stereocenters. The third kappa shape index (κ3) is 3.65. The molecule has 1 saturated heterocycles. The van der Waals surface area contributed by atoms with Gasteiger partial charge >= 0.3 is 0 Å². The number of hydrogen-bond acceptors (Lipinski definition) is 7. The predicted octanol–water partition coefficient (Wildman–Crippen LogP) is 2.59. The molecule has 1 aliphatic heterocycles. The maximum absolute atomic E-state index is 4.50.